The number of hydrogen-bond acceptors (Lipinski definition) is 4. The van der Waals surface area contributed by atoms with Crippen LogP contribution in [0, 0.1) is 0 Å². The predicted octanol–water partition coefficient (Wildman–Crippen LogP) is 3.85. The van der Waals surface area contributed by atoms with E-state index in [0.29, 0.717) is 5.69 Å². The summed E-state index contributed by atoms with van der Waals surface area (Å²) >= 11 is 1.62. The lowest BCUT2D eigenvalue weighted by molar-refractivity contribution is 0.0784. The maximum absolute atomic E-state index is 13.0. The van der Waals surface area contributed by atoms with Crippen molar-refractivity contribution >= 4 is 17.2 Å². The van der Waals surface area contributed by atoms with Crippen molar-refractivity contribution < 1.29 is 9.53 Å². The number of ether oxygens (including phenoxy) is 1. The van der Waals surface area contributed by atoms with E-state index in [1.54, 1.807) is 23.1 Å². The Labute approximate surface area is 150 Å². The largest absolute Gasteiger partial charge is 0.497 e. The van der Waals surface area contributed by atoms with Gasteiger partial charge in [0.15, 0.2) is 0 Å². The molecule has 1 amide bonds. The maximum Gasteiger partial charge on any atom is 0.272 e. The van der Waals surface area contributed by atoms with E-state index < -0.39 is 0 Å². The van der Waals surface area contributed by atoms with Gasteiger partial charge in [-0.2, -0.15) is 5.10 Å². The average molecular weight is 353 g/mol. The van der Waals surface area contributed by atoms with Crippen molar-refractivity contribution in [2.24, 2.45) is 0 Å². The van der Waals surface area contributed by atoms with Crippen molar-refractivity contribution in [3.63, 3.8) is 0 Å². The molecule has 4 rings (SSSR count). The molecular weight excluding hydrogens is 334 g/mol. The van der Waals surface area contributed by atoms with E-state index >= 15 is 0 Å². The highest BCUT2D eigenvalue weighted by Gasteiger charge is 2.25. The van der Waals surface area contributed by atoms with Crippen LogP contribution in [-0.2, 0) is 0 Å². The monoisotopic (exact) mass is 353 g/mol. The zero-order valence-corrected chi connectivity index (χ0v) is 14.8. The number of methoxy groups -OCH3 is 1. The lowest BCUT2D eigenvalue weighted by atomic mass is 10.2. The minimum atomic E-state index is 0.0450. The van der Waals surface area contributed by atoms with Crippen molar-refractivity contribution in [2.75, 3.05) is 20.2 Å². The SMILES string of the molecule is COc1ccc(-n2nc(-c3cccs3)cc2C(=O)N2CCCC2)cc1. The smallest absolute Gasteiger partial charge is 0.272 e. The molecule has 1 aliphatic heterocycles. The maximum atomic E-state index is 13.0. The van der Waals surface area contributed by atoms with Crippen LogP contribution < -0.4 is 4.74 Å². The fourth-order valence-electron chi connectivity index (χ4n) is 3.08. The van der Waals surface area contributed by atoms with Gasteiger partial charge in [-0.3, -0.25) is 4.79 Å². The molecule has 0 N–H and O–H groups in total. The van der Waals surface area contributed by atoms with Crippen LogP contribution in [0.25, 0.3) is 16.3 Å². The Morgan fingerprint density at radius 1 is 1.16 bits per heavy atom. The normalized spacial score (nSPS) is 14.0. The van der Waals surface area contributed by atoms with Crippen LogP contribution in [0.1, 0.15) is 23.3 Å². The van der Waals surface area contributed by atoms with Gasteiger partial charge in [0, 0.05) is 13.1 Å². The van der Waals surface area contributed by atoms with Crippen LogP contribution in [0.15, 0.2) is 47.8 Å². The molecule has 3 aromatic rings. The van der Waals surface area contributed by atoms with Gasteiger partial charge >= 0.3 is 0 Å². The molecule has 0 atom stereocenters. The third-order valence-electron chi connectivity index (χ3n) is 4.41. The molecule has 0 saturated carbocycles. The number of likely N-dealkylation sites (tertiary alicyclic amines) is 1. The van der Waals surface area contributed by atoms with Crippen LogP contribution in [0.2, 0.25) is 0 Å². The summed E-state index contributed by atoms with van der Waals surface area (Å²) in [5.41, 5.74) is 2.29. The predicted molar refractivity (Wildman–Crippen MR) is 98.6 cm³/mol. The Morgan fingerprint density at radius 2 is 1.92 bits per heavy atom. The zero-order valence-electron chi connectivity index (χ0n) is 14.0. The van der Waals surface area contributed by atoms with Crippen molar-refractivity contribution in [3.8, 4) is 22.0 Å². The van der Waals surface area contributed by atoms with E-state index in [0.717, 1.165) is 47.9 Å². The van der Waals surface area contributed by atoms with E-state index in [9.17, 15) is 4.79 Å². The number of carbonyl (C=O) groups excluding carboxylic acids is 1. The van der Waals surface area contributed by atoms with Crippen LogP contribution in [0.5, 0.6) is 5.75 Å². The van der Waals surface area contributed by atoms with Gasteiger partial charge in [-0.25, -0.2) is 4.68 Å². The van der Waals surface area contributed by atoms with Gasteiger partial charge in [-0.05, 0) is 54.6 Å². The molecule has 25 heavy (non-hydrogen) atoms. The highest BCUT2D eigenvalue weighted by atomic mass is 32.1. The molecule has 1 saturated heterocycles. The second kappa shape index (κ2) is 6.72. The van der Waals surface area contributed by atoms with Crippen LogP contribution >= 0.6 is 11.3 Å². The first-order chi connectivity index (χ1) is 12.3. The number of aromatic nitrogens is 2. The fraction of sp³-hybridized carbons (Fsp3) is 0.263. The number of amides is 1. The first kappa shape index (κ1) is 15.9. The number of benzene rings is 1. The quantitative estimate of drug-likeness (QED) is 0.716. The number of rotatable bonds is 4. The lowest BCUT2D eigenvalue weighted by Gasteiger charge is -2.16. The molecule has 6 heteroatoms. The first-order valence-electron chi connectivity index (χ1n) is 8.34. The molecule has 5 nitrogen and oxygen atoms in total. The summed E-state index contributed by atoms with van der Waals surface area (Å²) in [6.07, 6.45) is 2.14. The molecule has 0 radical (unpaired) electrons. The van der Waals surface area contributed by atoms with Gasteiger partial charge in [-0.1, -0.05) is 6.07 Å². The third kappa shape index (κ3) is 3.05. The van der Waals surface area contributed by atoms with E-state index in [-0.39, 0.29) is 5.91 Å². The van der Waals surface area contributed by atoms with Crippen LogP contribution in [-0.4, -0.2) is 40.8 Å². The molecule has 128 valence electrons. The molecule has 0 aliphatic carbocycles. The Bertz CT molecular complexity index is 863. The summed E-state index contributed by atoms with van der Waals surface area (Å²) < 4.78 is 6.97. The van der Waals surface area contributed by atoms with Crippen LogP contribution in [0.4, 0.5) is 0 Å². The Hall–Kier alpha value is -2.60. The second-order valence-electron chi connectivity index (χ2n) is 6.00. The topological polar surface area (TPSA) is 47.4 Å². The molecular formula is C19H19N3O2S. The molecule has 3 heterocycles. The summed E-state index contributed by atoms with van der Waals surface area (Å²) in [6, 6.07) is 13.5. The highest BCUT2D eigenvalue weighted by molar-refractivity contribution is 7.13. The van der Waals surface area contributed by atoms with Crippen molar-refractivity contribution in [2.45, 2.75) is 12.8 Å². The van der Waals surface area contributed by atoms with Crippen LogP contribution in [0.3, 0.4) is 0 Å². The number of thiophene rings is 1. The highest BCUT2D eigenvalue weighted by Crippen LogP contribution is 2.27. The van der Waals surface area contributed by atoms with Gasteiger partial charge in [0.2, 0.25) is 0 Å². The molecule has 1 aromatic carbocycles. The summed E-state index contributed by atoms with van der Waals surface area (Å²) in [5, 5.41) is 6.73. The third-order valence-corrected chi connectivity index (χ3v) is 5.30. The molecule has 0 unspecified atom stereocenters. The van der Waals surface area contributed by atoms with Gasteiger partial charge in [-0.15, -0.1) is 11.3 Å². The van der Waals surface area contributed by atoms with Crippen molar-refractivity contribution in [3.05, 3.63) is 53.5 Å². The number of hydrogen-bond donors (Lipinski definition) is 0. The minimum Gasteiger partial charge on any atom is -0.497 e. The van der Waals surface area contributed by atoms with E-state index in [2.05, 4.69) is 0 Å². The molecule has 0 bridgehead atoms. The lowest BCUT2D eigenvalue weighted by Crippen LogP contribution is -2.29. The van der Waals surface area contributed by atoms with E-state index in [1.807, 2.05) is 52.7 Å². The summed E-state index contributed by atoms with van der Waals surface area (Å²) in [5.74, 6) is 0.824. The first-order valence-corrected chi connectivity index (χ1v) is 9.22. The van der Waals surface area contributed by atoms with Gasteiger partial charge in [0.1, 0.15) is 17.1 Å². The Kier molecular flexibility index (Phi) is 4.28. The standard InChI is InChI=1S/C19H19N3O2S/c1-24-15-8-6-14(7-9-15)22-17(19(23)21-10-2-3-11-21)13-16(20-22)18-5-4-12-25-18/h4-9,12-13H,2-3,10-11H2,1H3. The fourth-order valence-corrected chi connectivity index (χ4v) is 3.76. The number of nitrogens with zero attached hydrogens (tertiary/aromatic N) is 3. The average Bonchev–Trinajstić information content (AvgIpc) is 3.42. The van der Waals surface area contributed by atoms with Crippen molar-refractivity contribution in [1.82, 2.24) is 14.7 Å². The van der Waals surface area contributed by atoms with Crippen molar-refractivity contribution in [1.29, 1.82) is 0 Å². The number of carbonyl (C=O) groups is 1. The summed E-state index contributed by atoms with van der Waals surface area (Å²) in [6.45, 7) is 1.64. The molecule has 0 spiro atoms. The van der Waals surface area contributed by atoms with E-state index in [1.165, 1.54) is 0 Å². The zero-order chi connectivity index (χ0) is 17.2. The minimum absolute atomic E-state index is 0.0450. The van der Waals surface area contributed by atoms with E-state index in [4.69, 9.17) is 9.84 Å². The molecule has 2 aromatic heterocycles. The van der Waals surface area contributed by atoms with Gasteiger partial charge in [0.25, 0.3) is 5.91 Å². The Balaban J connectivity index is 1.78. The van der Waals surface area contributed by atoms with Gasteiger partial charge < -0.3 is 9.64 Å². The van der Waals surface area contributed by atoms with Gasteiger partial charge in [0.05, 0.1) is 17.7 Å². The second-order valence-corrected chi connectivity index (χ2v) is 6.95. The Morgan fingerprint density at radius 3 is 2.56 bits per heavy atom. The molecule has 1 fully saturated rings. The molecule has 1 aliphatic rings. The summed E-state index contributed by atoms with van der Waals surface area (Å²) in [4.78, 5) is 16.0. The summed E-state index contributed by atoms with van der Waals surface area (Å²) in [7, 11) is 1.64.